The predicted octanol–water partition coefficient (Wildman–Crippen LogP) is 5.22. The summed E-state index contributed by atoms with van der Waals surface area (Å²) in [5.41, 5.74) is 4.63. The normalized spacial score (nSPS) is 15.8. The van der Waals surface area contributed by atoms with Crippen molar-refractivity contribution < 1.29 is 13.2 Å². The van der Waals surface area contributed by atoms with Crippen LogP contribution in [0, 0.1) is 0 Å². The minimum Gasteiger partial charge on any atom is -0.272 e. The lowest BCUT2D eigenvalue weighted by Gasteiger charge is -2.32. The van der Waals surface area contributed by atoms with Crippen molar-refractivity contribution in [2.45, 2.75) is 69.2 Å². The van der Waals surface area contributed by atoms with Crippen LogP contribution in [0.2, 0.25) is 0 Å². The first kappa shape index (κ1) is 25.6. The van der Waals surface area contributed by atoms with E-state index < -0.39 is 15.9 Å². The van der Waals surface area contributed by atoms with E-state index in [0.29, 0.717) is 0 Å². The van der Waals surface area contributed by atoms with Crippen LogP contribution in [0.15, 0.2) is 63.0 Å². The van der Waals surface area contributed by atoms with Crippen LogP contribution in [-0.4, -0.2) is 37.4 Å². The van der Waals surface area contributed by atoms with Gasteiger partial charge in [0.2, 0.25) is 10.0 Å². The highest BCUT2D eigenvalue weighted by Gasteiger charge is 2.33. The molecule has 1 fully saturated rings. The minimum absolute atomic E-state index is 0.0623. The highest BCUT2D eigenvalue weighted by molar-refractivity contribution is 9.10. The average molecular weight is 535 g/mol. The summed E-state index contributed by atoms with van der Waals surface area (Å²) >= 11 is 3.34. The van der Waals surface area contributed by atoms with Crippen molar-refractivity contribution in [3.05, 3.63) is 64.1 Å². The van der Waals surface area contributed by atoms with Crippen molar-refractivity contribution in [3.8, 4) is 0 Å². The molecule has 1 N–H and O–H groups in total. The van der Waals surface area contributed by atoms with Gasteiger partial charge in [-0.25, -0.2) is 13.8 Å². The largest absolute Gasteiger partial charge is 0.272 e. The van der Waals surface area contributed by atoms with E-state index in [1.54, 1.807) is 30.5 Å². The molecule has 1 aliphatic carbocycles. The summed E-state index contributed by atoms with van der Waals surface area (Å²) in [6, 6.07) is 14.3. The monoisotopic (exact) mass is 533 g/mol. The van der Waals surface area contributed by atoms with E-state index in [1.807, 2.05) is 24.3 Å². The van der Waals surface area contributed by atoms with Crippen molar-refractivity contribution in [2.75, 3.05) is 6.54 Å². The van der Waals surface area contributed by atoms with Gasteiger partial charge in [0.25, 0.3) is 5.91 Å². The third-order valence-corrected chi connectivity index (χ3v) is 8.32. The second-order valence-corrected chi connectivity index (χ2v) is 12.3. The van der Waals surface area contributed by atoms with Gasteiger partial charge in [-0.2, -0.15) is 9.41 Å². The Balaban J connectivity index is 1.71. The molecule has 6 nitrogen and oxygen atoms in total. The number of nitrogens with zero attached hydrogens (tertiary/aromatic N) is 2. The maximum Gasteiger partial charge on any atom is 0.255 e. The van der Waals surface area contributed by atoms with Crippen LogP contribution in [0.4, 0.5) is 0 Å². The van der Waals surface area contributed by atoms with E-state index in [0.717, 1.165) is 42.1 Å². The summed E-state index contributed by atoms with van der Waals surface area (Å²) in [6.45, 7) is 6.19. The first-order valence-electron chi connectivity index (χ1n) is 11.3. The Hall–Kier alpha value is -2.03. The van der Waals surface area contributed by atoms with Crippen LogP contribution in [0.25, 0.3) is 0 Å². The molecule has 0 atom stereocenters. The number of hydrogen-bond donors (Lipinski definition) is 1. The first-order chi connectivity index (χ1) is 15.6. The van der Waals surface area contributed by atoms with Gasteiger partial charge in [0, 0.05) is 10.5 Å². The van der Waals surface area contributed by atoms with Gasteiger partial charge in [0.05, 0.1) is 17.7 Å². The van der Waals surface area contributed by atoms with Crippen LogP contribution in [0.3, 0.4) is 0 Å². The Kier molecular flexibility index (Phi) is 8.48. The van der Waals surface area contributed by atoms with Crippen LogP contribution < -0.4 is 5.43 Å². The molecule has 0 radical (unpaired) electrons. The predicted molar refractivity (Wildman–Crippen MR) is 136 cm³/mol. The van der Waals surface area contributed by atoms with Gasteiger partial charge in [0.1, 0.15) is 0 Å². The molecule has 0 aromatic heterocycles. The highest BCUT2D eigenvalue weighted by atomic mass is 79.9. The molecule has 178 valence electrons. The van der Waals surface area contributed by atoms with Gasteiger partial charge in [-0.15, -0.1) is 0 Å². The quantitative estimate of drug-likeness (QED) is 0.391. The van der Waals surface area contributed by atoms with Crippen molar-refractivity contribution in [3.63, 3.8) is 0 Å². The molecule has 33 heavy (non-hydrogen) atoms. The van der Waals surface area contributed by atoms with Gasteiger partial charge < -0.3 is 0 Å². The zero-order valence-corrected chi connectivity index (χ0v) is 21.8. The Morgan fingerprint density at radius 2 is 1.67 bits per heavy atom. The van der Waals surface area contributed by atoms with E-state index in [2.05, 4.69) is 47.2 Å². The van der Waals surface area contributed by atoms with Crippen LogP contribution in [0.5, 0.6) is 0 Å². The number of hydrogen-bond acceptors (Lipinski definition) is 4. The lowest BCUT2D eigenvalue weighted by atomic mass is 9.87. The number of amides is 1. The molecule has 0 aliphatic heterocycles. The molecule has 2 aromatic rings. The van der Waals surface area contributed by atoms with Gasteiger partial charge in [-0.1, -0.05) is 80.2 Å². The molecule has 0 spiro atoms. The number of halogens is 1. The lowest BCUT2D eigenvalue weighted by molar-refractivity contribution is -0.121. The lowest BCUT2D eigenvalue weighted by Crippen LogP contribution is -2.46. The minimum atomic E-state index is -3.81. The van der Waals surface area contributed by atoms with Crippen molar-refractivity contribution >= 4 is 38.1 Å². The molecule has 2 aromatic carbocycles. The molecule has 1 amide bonds. The molecule has 3 rings (SSSR count). The van der Waals surface area contributed by atoms with Gasteiger partial charge in [-0.3, -0.25) is 4.79 Å². The van der Waals surface area contributed by atoms with E-state index in [4.69, 9.17) is 0 Å². The van der Waals surface area contributed by atoms with Crippen LogP contribution >= 0.6 is 15.9 Å². The summed E-state index contributed by atoms with van der Waals surface area (Å²) in [7, 11) is -3.81. The third-order valence-electron chi connectivity index (χ3n) is 5.88. The molecule has 1 saturated carbocycles. The first-order valence-corrected chi connectivity index (χ1v) is 13.5. The Morgan fingerprint density at radius 1 is 1.06 bits per heavy atom. The summed E-state index contributed by atoms with van der Waals surface area (Å²) in [5.74, 6) is -0.455. The van der Waals surface area contributed by atoms with E-state index in [-0.39, 0.29) is 22.9 Å². The van der Waals surface area contributed by atoms with E-state index in [1.165, 1.54) is 9.87 Å². The van der Waals surface area contributed by atoms with Crippen molar-refractivity contribution in [2.24, 2.45) is 5.10 Å². The molecule has 0 saturated heterocycles. The Labute approximate surface area is 205 Å². The fraction of sp³-hybridized carbons (Fsp3) is 0.440. The van der Waals surface area contributed by atoms with Gasteiger partial charge in [0.15, 0.2) is 0 Å². The number of carbonyl (C=O) groups excluding carboxylic acids is 1. The molecular formula is C25H32BrN3O3S. The standard InChI is InChI=1S/C25H32BrN3O3S/c1-25(2,3)20-11-9-19(10-12-20)17-27-28-24(30)18-29(22-7-5-4-6-8-22)33(31,32)23-15-13-21(26)14-16-23/h9-17,22H,4-8,18H2,1-3H3,(H,28,30)/b27-17+. The molecule has 1 aliphatic rings. The number of rotatable bonds is 7. The number of sulfonamides is 1. The fourth-order valence-corrected chi connectivity index (χ4v) is 5.85. The topological polar surface area (TPSA) is 78.8 Å². The molecule has 8 heteroatoms. The third kappa shape index (κ3) is 6.98. The highest BCUT2D eigenvalue weighted by Crippen LogP contribution is 2.28. The smallest absolute Gasteiger partial charge is 0.255 e. The number of benzene rings is 2. The number of carbonyl (C=O) groups is 1. The number of nitrogens with one attached hydrogen (secondary N) is 1. The second-order valence-electron chi connectivity index (χ2n) is 9.46. The van der Waals surface area contributed by atoms with E-state index >= 15 is 0 Å². The average Bonchev–Trinajstić information content (AvgIpc) is 2.78. The molecule has 0 bridgehead atoms. The summed E-state index contributed by atoms with van der Waals surface area (Å²) in [5, 5.41) is 4.05. The SMILES string of the molecule is CC(C)(C)c1ccc(/C=N/NC(=O)CN(C2CCCCC2)S(=O)(=O)c2ccc(Br)cc2)cc1. The second kappa shape index (κ2) is 10.9. The number of hydrazone groups is 1. The zero-order valence-electron chi connectivity index (χ0n) is 19.4. The molecule has 0 unspecified atom stereocenters. The summed E-state index contributed by atoms with van der Waals surface area (Å²) in [4.78, 5) is 12.9. The maximum absolute atomic E-state index is 13.4. The molecular weight excluding hydrogens is 502 g/mol. The summed E-state index contributed by atoms with van der Waals surface area (Å²) < 4.78 is 28.9. The fourth-order valence-electron chi connectivity index (χ4n) is 3.95. The maximum atomic E-state index is 13.4. The molecule has 0 heterocycles. The van der Waals surface area contributed by atoms with Gasteiger partial charge in [-0.05, 0) is 53.6 Å². The van der Waals surface area contributed by atoms with Crippen molar-refractivity contribution in [1.82, 2.24) is 9.73 Å². The van der Waals surface area contributed by atoms with Gasteiger partial charge >= 0.3 is 0 Å². The van der Waals surface area contributed by atoms with Crippen LogP contribution in [-0.2, 0) is 20.2 Å². The summed E-state index contributed by atoms with van der Waals surface area (Å²) in [6.07, 6.45) is 6.09. The zero-order chi connectivity index (χ0) is 24.1. The Morgan fingerprint density at radius 3 is 2.24 bits per heavy atom. The van der Waals surface area contributed by atoms with Crippen LogP contribution in [0.1, 0.15) is 64.0 Å². The van der Waals surface area contributed by atoms with E-state index in [9.17, 15) is 13.2 Å². The van der Waals surface area contributed by atoms with Crippen molar-refractivity contribution in [1.29, 1.82) is 0 Å². The Bertz CT molecular complexity index is 1070.